The molecule has 0 amide bonds. The maximum Gasteiger partial charge on any atom is 0.323 e. The van der Waals surface area contributed by atoms with Gasteiger partial charge < -0.3 is 10.1 Å². The van der Waals surface area contributed by atoms with E-state index in [0.29, 0.717) is 24.4 Å². The van der Waals surface area contributed by atoms with E-state index in [-0.39, 0.29) is 5.78 Å². The molecule has 0 saturated carbocycles. The number of allylic oxidation sites excluding steroid dienone is 2. The van der Waals surface area contributed by atoms with Crippen LogP contribution in [0.5, 0.6) is 0 Å². The number of thiocarbonyl (C=S) groups is 1. The molecule has 0 radical (unpaired) electrons. The van der Waals surface area contributed by atoms with Gasteiger partial charge in [-0.05, 0) is 6.08 Å². The lowest BCUT2D eigenvalue weighted by molar-refractivity contribution is -0.151. The van der Waals surface area contributed by atoms with Crippen molar-refractivity contribution in [2.24, 2.45) is 5.92 Å². The third-order valence-electron chi connectivity index (χ3n) is 3.38. The van der Waals surface area contributed by atoms with Crippen molar-refractivity contribution < 1.29 is 14.7 Å². The lowest BCUT2D eigenvalue weighted by Gasteiger charge is -2.34. The predicted molar refractivity (Wildman–Crippen MR) is 74.5 cm³/mol. The van der Waals surface area contributed by atoms with E-state index in [2.05, 4.69) is 0 Å². The molecule has 0 aromatic carbocycles. The molecule has 2 aliphatic rings. The highest BCUT2D eigenvalue weighted by atomic mass is 32.1. The fourth-order valence-corrected chi connectivity index (χ4v) is 2.84. The minimum atomic E-state index is -1.00. The zero-order valence-electron chi connectivity index (χ0n) is 10.7. The number of hydrazine groups is 1. The van der Waals surface area contributed by atoms with Crippen molar-refractivity contribution in [2.45, 2.75) is 19.4 Å². The van der Waals surface area contributed by atoms with Crippen LogP contribution in [-0.4, -0.2) is 50.9 Å². The summed E-state index contributed by atoms with van der Waals surface area (Å²) in [6.45, 7) is 2.66. The fourth-order valence-electron chi connectivity index (χ4n) is 2.45. The molecule has 0 bridgehead atoms. The van der Waals surface area contributed by atoms with Crippen LogP contribution < -0.4 is 0 Å². The van der Waals surface area contributed by atoms with Gasteiger partial charge in [0.15, 0.2) is 0 Å². The fraction of sp³-hybridized carbons (Fsp3) is 0.462. The average molecular weight is 280 g/mol. The van der Waals surface area contributed by atoms with Crippen LogP contribution in [0.25, 0.3) is 0 Å². The van der Waals surface area contributed by atoms with Crippen LogP contribution in [-0.2, 0) is 9.59 Å². The third-order valence-corrected chi connectivity index (χ3v) is 3.76. The molecular formula is C13H16N2O3S. The first-order valence-electron chi connectivity index (χ1n) is 6.21. The smallest absolute Gasteiger partial charge is 0.323 e. The number of aliphatic carboxylic acids is 1. The van der Waals surface area contributed by atoms with Gasteiger partial charge in [0, 0.05) is 17.5 Å². The molecule has 0 spiro atoms. The number of hydrogen-bond acceptors (Lipinski definition) is 5. The monoisotopic (exact) mass is 280 g/mol. The molecule has 2 atom stereocenters. The van der Waals surface area contributed by atoms with E-state index in [1.807, 2.05) is 18.2 Å². The van der Waals surface area contributed by atoms with Crippen LogP contribution in [0, 0.1) is 5.92 Å². The highest BCUT2D eigenvalue weighted by Crippen LogP contribution is 2.27. The number of carbonyl (C=O) groups is 2. The molecule has 2 heterocycles. The summed E-state index contributed by atoms with van der Waals surface area (Å²) < 4.78 is 0. The van der Waals surface area contributed by atoms with E-state index in [1.165, 1.54) is 0 Å². The number of hydrogen-bond donors (Lipinski definition) is 1. The summed E-state index contributed by atoms with van der Waals surface area (Å²) in [6, 6.07) is -0.893. The molecule has 102 valence electrons. The van der Waals surface area contributed by atoms with Gasteiger partial charge in [-0.1, -0.05) is 31.3 Å². The van der Waals surface area contributed by atoms with Crippen LogP contribution in [0.1, 0.15) is 13.3 Å². The first kappa shape index (κ1) is 13.9. The van der Waals surface area contributed by atoms with E-state index in [0.717, 1.165) is 0 Å². The second-order valence-corrected chi connectivity index (χ2v) is 5.06. The van der Waals surface area contributed by atoms with Gasteiger partial charge in [-0.15, -0.1) is 0 Å². The Labute approximate surface area is 117 Å². The minimum absolute atomic E-state index is 0.101. The molecule has 5 nitrogen and oxygen atoms in total. The Bertz CT molecular complexity index is 473. The zero-order valence-corrected chi connectivity index (χ0v) is 11.5. The minimum Gasteiger partial charge on any atom is -0.480 e. The van der Waals surface area contributed by atoms with E-state index < -0.39 is 17.9 Å². The average Bonchev–Trinajstić information content (AvgIpc) is 2.76. The first-order valence-corrected chi connectivity index (χ1v) is 6.61. The summed E-state index contributed by atoms with van der Waals surface area (Å²) in [5.74, 6) is -1.79. The number of ketones is 1. The topological polar surface area (TPSA) is 60.9 Å². The predicted octanol–water partition coefficient (Wildman–Crippen LogP) is 1.02. The van der Waals surface area contributed by atoms with Crippen LogP contribution in [0.2, 0.25) is 0 Å². The maximum atomic E-state index is 11.9. The van der Waals surface area contributed by atoms with Gasteiger partial charge in [-0.3, -0.25) is 9.59 Å². The van der Waals surface area contributed by atoms with Crippen molar-refractivity contribution in [3.05, 3.63) is 24.4 Å². The second kappa shape index (κ2) is 5.63. The highest BCUT2D eigenvalue weighted by Gasteiger charge is 2.47. The van der Waals surface area contributed by atoms with Crippen molar-refractivity contribution in [1.29, 1.82) is 0 Å². The number of carboxylic acid groups (broad SMARTS) is 1. The van der Waals surface area contributed by atoms with Gasteiger partial charge in [0.2, 0.25) is 0 Å². The number of carbonyl (C=O) groups excluding carboxylic acids is 1. The molecule has 2 aliphatic heterocycles. The lowest BCUT2D eigenvalue weighted by atomic mass is 9.94. The first-order chi connectivity index (χ1) is 9.06. The molecule has 1 N–H and O–H groups in total. The summed E-state index contributed by atoms with van der Waals surface area (Å²) in [4.78, 5) is 24.0. The van der Waals surface area contributed by atoms with Crippen molar-refractivity contribution in [3.8, 4) is 0 Å². The second-order valence-electron chi connectivity index (χ2n) is 4.54. The third kappa shape index (κ3) is 2.59. The van der Waals surface area contributed by atoms with Crippen LogP contribution in [0.3, 0.4) is 0 Å². The van der Waals surface area contributed by atoms with Crippen molar-refractivity contribution in [2.75, 3.05) is 13.1 Å². The highest BCUT2D eigenvalue weighted by molar-refractivity contribution is 7.80. The molecule has 0 aromatic heterocycles. The lowest BCUT2D eigenvalue weighted by Crippen LogP contribution is -2.49. The summed E-state index contributed by atoms with van der Waals surface area (Å²) in [6.07, 6.45) is 7.77. The van der Waals surface area contributed by atoms with E-state index in [4.69, 9.17) is 12.2 Å². The van der Waals surface area contributed by atoms with E-state index in [9.17, 15) is 14.7 Å². The van der Waals surface area contributed by atoms with E-state index in [1.54, 1.807) is 23.1 Å². The molecule has 6 heteroatoms. The van der Waals surface area contributed by atoms with Gasteiger partial charge in [0.05, 0.1) is 19.0 Å². The number of nitrogens with zero attached hydrogens (tertiary/aromatic N) is 2. The summed E-state index contributed by atoms with van der Waals surface area (Å²) in [7, 11) is 0. The van der Waals surface area contributed by atoms with Crippen molar-refractivity contribution in [1.82, 2.24) is 10.0 Å². The van der Waals surface area contributed by atoms with Gasteiger partial charge in [-0.2, -0.15) is 0 Å². The quantitative estimate of drug-likeness (QED) is 0.776. The molecule has 1 saturated heterocycles. The van der Waals surface area contributed by atoms with Crippen LogP contribution in [0.15, 0.2) is 24.4 Å². The van der Waals surface area contributed by atoms with Gasteiger partial charge in [0.1, 0.15) is 11.8 Å². The van der Waals surface area contributed by atoms with Crippen molar-refractivity contribution >= 4 is 28.8 Å². The van der Waals surface area contributed by atoms with Gasteiger partial charge >= 0.3 is 5.97 Å². The normalized spacial score (nSPS) is 27.0. The molecule has 0 aliphatic carbocycles. The number of Topliss-reactive ketones (excluding diaryl/α,β-unsaturated/α-hetero) is 1. The standard InChI is InChI=1S/C13H16N2O3S/c1-2-9(16)11-10(19)8-15(12(11)13(17)18)14-6-4-3-5-7-14/h3-6,11-12H,2,7-8H2,1H3,(H,17,18)/t11?,12-/m0/s1. The Morgan fingerprint density at radius 3 is 2.74 bits per heavy atom. The van der Waals surface area contributed by atoms with Crippen LogP contribution in [0.4, 0.5) is 0 Å². The van der Waals surface area contributed by atoms with E-state index >= 15 is 0 Å². The molecule has 2 rings (SSSR count). The zero-order chi connectivity index (χ0) is 14.0. The Morgan fingerprint density at radius 1 is 1.47 bits per heavy atom. The molecule has 19 heavy (non-hydrogen) atoms. The molecular weight excluding hydrogens is 264 g/mol. The Hall–Kier alpha value is -1.53. The number of carboxylic acids is 1. The van der Waals surface area contributed by atoms with Crippen molar-refractivity contribution in [3.63, 3.8) is 0 Å². The molecule has 1 fully saturated rings. The maximum absolute atomic E-state index is 11.9. The number of rotatable bonds is 4. The summed E-state index contributed by atoms with van der Waals surface area (Å²) in [5, 5.41) is 12.9. The molecule has 1 unspecified atom stereocenters. The largest absolute Gasteiger partial charge is 0.480 e. The van der Waals surface area contributed by atoms with Gasteiger partial charge in [0.25, 0.3) is 0 Å². The molecule has 0 aromatic rings. The summed E-state index contributed by atoms with van der Waals surface area (Å²) >= 11 is 5.23. The SMILES string of the molecule is CCC(=O)C1C(=S)CN(N2C=CC=CC2)[C@@H]1C(=O)O. The summed E-state index contributed by atoms with van der Waals surface area (Å²) in [5.41, 5.74) is 0. The Morgan fingerprint density at radius 2 is 2.21 bits per heavy atom. The Kier molecular flexibility index (Phi) is 4.11. The van der Waals surface area contributed by atoms with Gasteiger partial charge in [-0.25, -0.2) is 5.01 Å². The Balaban J connectivity index is 2.27. The van der Waals surface area contributed by atoms with Crippen LogP contribution >= 0.6 is 12.2 Å².